The van der Waals surface area contributed by atoms with Crippen LogP contribution in [0.25, 0.3) is 0 Å². The third-order valence-corrected chi connectivity index (χ3v) is 5.51. The van der Waals surface area contributed by atoms with Gasteiger partial charge in [-0.2, -0.15) is 4.98 Å². The maximum absolute atomic E-state index is 10.5. The molecular weight excluding hydrogens is 328 g/mol. The molecule has 6 nitrogen and oxygen atoms in total. The molecule has 2 atom stereocenters. The van der Waals surface area contributed by atoms with Crippen LogP contribution in [0.15, 0.2) is 42.6 Å². The monoisotopic (exact) mass is 354 g/mol. The number of aliphatic hydroxyl groups is 1. The quantitative estimate of drug-likeness (QED) is 0.883. The first-order valence-electron chi connectivity index (χ1n) is 9.34. The predicted octanol–water partition coefficient (Wildman–Crippen LogP) is 2.77. The van der Waals surface area contributed by atoms with Crippen molar-refractivity contribution in [2.24, 2.45) is 0 Å². The number of piperidine rings is 1. The zero-order valence-electron chi connectivity index (χ0n) is 15.1. The zero-order valence-corrected chi connectivity index (χ0v) is 15.1. The Morgan fingerprint density at radius 3 is 2.69 bits per heavy atom. The molecule has 3 heterocycles. The van der Waals surface area contributed by atoms with Crippen molar-refractivity contribution in [1.82, 2.24) is 9.97 Å². The van der Waals surface area contributed by atoms with E-state index in [0.29, 0.717) is 12.8 Å². The fourth-order valence-electron chi connectivity index (χ4n) is 4.11. The van der Waals surface area contributed by atoms with Crippen LogP contribution < -0.4 is 10.2 Å². The van der Waals surface area contributed by atoms with Crippen LogP contribution in [0.3, 0.4) is 0 Å². The van der Waals surface area contributed by atoms with E-state index in [1.807, 2.05) is 31.3 Å². The van der Waals surface area contributed by atoms with Gasteiger partial charge in [0.25, 0.3) is 0 Å². The Morgan fingerprint density at radius 2 is 1.96 bits per heavy atom. The second-order valence-corrected chi connectivity index (χ2v) is 7.27. The predicted molar refractivity (Wildman–Crippen MR) is 101 cm³/mol. The van der Waals surface area contributed by atoms with Crippen LogP contribution in [-0.4, -0.2) is 46.9 Å². The van der Waals surface area contributed by atoms with Gasteiger partial charge in [0.05, 0.1) is 17.8 Å². The van der Waals surface area contributed by atoms with Gasteiger partial charge >= 0.3 is 0 Å². The Morgan fingerprint density at radius 1 is 1.19 bits per heavy atom. The van der Waals surface area contributed by atoms with E-state index in [4.69, 9.17) is 4.74 Å². The Labute approximate surface area is 154 Å². The molecule has 2 saturated heterocycles. The Balaban J connectivity index is 1.46. The van der Waals surface area contributed by atoms with Gasteiger partial charge in [0, 0.05) is 39.2 Å². The Hall–Kier alpha value is -2.18. The molecule has 2 aliphatic rings. The van der Waals surface area contributed by atoms with Crippen molar-refractivity contribution in [3.63, 3.8) is 0 Å². The minimum absolute atomic E-state index is 0.0321. The number of anilines is 2. The minimum atomic E-state index is -0.315. The lowest BCUT2D eigenvalue weighted by Crippen LogP contribution is -2.51. The molecule has 0 radical (unpaired) electrons. The molecular formula is C20H26N4O2. The highest BCUT2D eigenvalue weighted by molar-refractivity contribution is 5.41. The average molecular weight is 354 g/mol. The third kappa shape index (κ3) is 3.52. The summed E-state index contributed by atoms with van der Waals surface area (Å²) in [5.41, 5.74) is 0.896. The molecule has 0 aliphatic carbocycles. The summed E-state index contributed by atoms with van der Waals surface area (Å²) in [6.45, 7) is 1.67. The van der Waals surface area contributed by atoms with E-state index in [9.17, 15) is 5.11 Å². The van der Waals surface area contributed by atoms with E-state index in [-0.39, 0.29) is 17.8 Å². The topological polar surface area (TPSA) is 70.5 Å². The molecule has 2 fully saturated rings. The largest absolute Gasteiger partial charge is 0.393 e. The highest BCUT2D eigenvalue weighted by Crippen LogP contribution is 2.43. The molecule has 0 amide bonds. The van der Waals surface area contributed by atoms with Crippen LogP contribution in [0.1, 0.15) is 37.4 Å². The number of nitrogens with one attached hydrogen (secondary N) is 1. The summed E-state index contributed by atoms with van der Waals surface area (Å²) < 4.78 is 6.56. The highest BCUT2D eigenvalue weighted by atomic mass is 16.5. The lowest BCUT2D eigenvalue weighted by Gasteiger charge is -2.48. The van der Waals surface area contributed by atoms with E-state index >= 15 is 0 Å². The van der Waals surface area contributed by atoms with Crippen LogP contribution in [0.5, 0.6) is 0 Å². The van der Waals surface area contributed by atoms with Crippen molar-refractivity contribution in [3.05, 3.63) is 48.2 Å². The maximum atomic E-state index is 10.5. The van der Waals surface area contributed by atoms with Crippen LogP contribution in [-0.2, 0) is 4.74 Å². The number of rotatable bonds is 3. The van der Waals surface area contributed by atoms with Crippen molar-refractivity contribution >= 4 is 11.8 Å². The number of hydrogen-bond donors (Lipinski definition) is 2. The Kier molecular flexibility index (Phi) is 4.78. The van der Waals surface area contributed by atoms with Gasteiger partial charge in [-0.25, -0.2) is 4.98 Å². The smallest absolute Gasteiger partial charge is 0.227 e. The third-order valence-electron chi connectivity index (χ3n) is 5.51. The lowest BCUT2D eigenvalue weighted by atomic mass is 9.81. The molecule has 2 N–H and O–H groups in total. The molecule has 1 spiro atoms. The zero-order chi connectivity index (χ0) is 18.0. The fraction of sp³-hybridized carbons (Fsp3) is 0.500. The summed E-state index contributed by atoms with van der Waals surface area (Å²) >= 11 is 0. The molecule has 6 heteroatoms. The molecule has 2 aliphatic heterocycles. The molecule has 138 valence electrons. The van der Waals surface area contributed by atoms with Gasteiger partial charge < -0.3 is 20.1 Å². The highest BCUT2D eigenvalue weighted by Gasteiger charge is 2.44. The maximum Gasteiger partial charge on any atom is 0.227 e. The second-order valence-electron chi connectivity index (χ2n) is 7.27. The van der Waals surface area contributed by atoms with E-state index < -0.39 is 0 Å². The molecule has 0 unspecified atom stereocenters. The van der Waals surface area contributed by atoms with Crippen molar-refractivity contribution in [2.75, 3.05) is 30.4 Å². The first-order chi connectivity index (χ1) is 12.7. The van der Waals surface area contributed by atoms with Gasteiger partial charge in [-0.05, 0) is 24.5 Å². The number of hydrogen-bond acceptors (Lipinski definition) is 6. The molecule has 1 aromatic heterocycles. The second kappa shape index (κ2) is 7.21. The van der Waals surface area contributed by atoms with Crippen molar-refractivity contribution in [1.29, 1.82) is 0 Å². The number of aromatic nitrogens is 2. The molecule has 0 bridgehead atoms. The fourth-order valence-corrected chi connectivity index (χ4v) is 4.11. The normalized spacial score (nSPS) is 25.2. The molecule has 2 aromatic rings. The summed E-state index contributed by atoms with van der Waals surface area (Å²) in [5, 5.41) is 13.5. The van der Waals surface area contributed by atoms with Gasteiger partial charge in [0.15, 0.2) is 0 Å². The summed E-state index contributed by atoms with van der Waals surface area (Å²) in [5.74, 6) is 1.58. The molecule has 1 aromatic carbocycles. The average Bonchev–Trinajstić information content (AvgIpc) is 2.69. The molecule has 0 saturated carbocycles. The summed E-state index contributed by atoms with van der Waals surface area (Å²) in [7, 11) is 1.86. The van der Waals surface area contributed by atoms with Crippen molar-refractivity contribution in [3.8, 4) is 0 Å². The number of nitrogens with zero attached hydrogens (tertiary/aromatic N) is 3. The first kappa shape index (κ1) is 17.2. The van der Waals surface area contributed by atoms with Gasteiger partial charge in [-0.1, -0.05) is 30.3 Å². The first-order valence-corrected chi connectivity index (χ1v) is 9.34. The number of aliphatic hydroxyl groups excluding tert-OH is 1. The van der Waals surface area contributed by atoms with Crippen molar-refractivity contribution in [2.45, 2.75) is 43.5 Å². The van der Waals surface area contributed by atoms with Crippen LogP contribution in [0.2, 0.25) is 0 Å². The molecule has 26 heavy (non-hydrogen) atoms. The minimum Gasteiger partial charge on any atom is -0.393 e. The van der Waals surface area contributed by atoms with Crippen LogP contribution >= 0.6 is 0 Å². The standard InChI is InChI=1S/C20H26N4O2/c1-21-18-7-10-22-19(23-18)24-11-8-20(9-12-24)14-16(25)13-17(26-20)15-5-3-2-4-6-15/h2-7,10,16-17,25H,8-9,11-14H2,1H3,(H,21,22,23)/t16-,17-/m1/s1. The summed E-state index contributed by atoms with van der Waals surface area (Å²) in [4.78, 5) is 11.1. The number of ether oxygens (including phenoxy) is 1. The van der Waals surface area contributed by atoms with Gasteiger partial charge in [-0.15, -0.1) is 0 Å². The van der Waals surface area contributed by atoms with E-state index in [1.54, 1.807) is 6.20 Å². The van der Waals surface area contributed by atoms with Gasteiger partial charge in [-0.3, -0.25) is 0 Å². The van der Waals surface area contributed by atoms with Crippen LogP contribution in [0, 0.1) is 0 Å². The Bertz CT molecular complexity index is 732. The van der Waals surface area contributed by atoms with Gasteiger partial charge in [0.1, 0.15) is 5.82 Å². The van der Waals surface area contributed by atoms with E-state index in [2.05, 4.69) is 32.3 Å². The lowest BCUT2D eigenvalue weighted by molar-refractivity contribution is -0.173. The summed E-state index contributed by atoms with van der Waals surface area (Å²) in [6, 6.07) is 12.1. The SMILES string of the molecule is CNc1ccnc(N2CCC3(CC2)C[C@H](O)C[C@H](c2ccccc2)O3)n1. The van der Waals surface area contributed by atoms with Gasteiger partial charge in [0.2, 0.25) is 5.95 Å². The van der Waals surface area contributed by atoms with E-state index in [1.165, 1.54) is 0 Å². The van der Waals surface area contributed by atoms with Crippen LogP contribution in [0.4, 0.5) is 11.8 Å². The van der Waals surface area contributed by atoms with Crippen molar-refractivity contribution < 1.29 is 9.84 Å². The van der Waals surface area contributed by atoms with E-state index in [0.717, 1.165) is 43.3 Å². The number of benzene rings is 1. The molecule has 4 rings (SSSR count). The summed E-state index contributed by atoms with van der Waals surface area (Å²) in [6.07, 6.45) is 4.57.